The lowest BCUT2D eigenvalue weighted by Crippen LogP contribution is -2.16. The van der Waals surface area contributed by atoms with Gasteiger partial charge in [-0.25, -0.2) is 4.39 Å². The third kappa shape index (κ3) is 3.62. The summed E-state index contributed by atoms with van der Waals surface area (Å²) in [5, 5.41) is 3.05. The molecule has 0 aliphatic carbocycles. The Hall–Kier alpha value is -2.28. The van der Waals surface area contributed by atoms with Crippen LogP contribution in [0.25, 0.3) is 0 Å². The van der Waals surface area contributed by atoms with Crippen LogP contribution in [-0.4, -0.2) is 19.1 Å². The fourth-order valence-corrected chi connectivity index (χ4v) is 2.91. The lowest BCUT2D eigenvalue weighted by Gasteiger charge is -2.13. The minimum Gasteiger partial charge on any atom is -0.490 e. The number of anilines is 1. The molecule has 126 valence electrons. The number of carbonyl (C=O) groups is 1. The van der Waals surface area contributed by atoms with Crippen molar-refractivity contribution in [1.29, 1.82) is 0 Å². The first-order valence-corrected chi connectivity index (χ1v) is 8.25. The van der Waals surface area contributed by atoms with Crippen LogP contribution in [0.4, 0.5) is 10.1 Å². The zero-order chi connectivity index (χ0) is 17.1. The number of hydrogen-bond acceptors (Lipinski definition) is 4. The van der Waals surface area contributed by atoms with Crippen LogP contribution in [-0.2, 0) is 6.54 Å². The number of ether oxygens (including phenoxy) is 2. The quantitative estimate of drug-likeness (QED) is 0.832. The van der Waals surface area contributed by atoms with Gasteiger partial charge in [0, 0.05) is 17.4 Å². The molecule has 5 nitrogen and oxygen atoms in total. The fraction of sp³-hybridized carbons (Fsp3) is 0.235. The first-order chi connectivity index (χ1) is 11.5. The number of hydrogen-bond donors (Lipinski definition) is 2. The summed E-state index contributed by atoms with van der Waals surface area (Å²) in [5.41, 5.74) is 6.36. The Morgan fingerprint density at radius 2 is 1.96 bits per heavy atom. The van der Waals surface area contributed by atoms with E-state index in [1.807, 2.05) is 18.2 Å². The topological polar surface area (TPSA) is 73.6 Å². The van der Waals surface area contributed by atoms with Crippen LogP contribution in [0.5, 0.6) is 11.5 Å². The standard InChI is InChI=1S/C17H16BrFN2O3/c18-11-7-12(19)16(17(20)22)13(8-11)21-9-10-2-3-14-15(6-10)24-5-1-4-23-14/h2-3,6-8,21H,1,4-5,9H2,(H2,20,22). The van der Waals surface area contributed by atoms with Gasteiger partial charge >= 0.3 is 0 Å². The second-order valence-electron chi connectivity index (χ2n) is 5.36. The summed E-state index contributed by atoms with van der Waals surface area (Å²) in [6.45, 7) is 1.61. The van der Waals surface area contributed by atoms with Crippen LogP contribution < -0.4 is 20.5 Å². The minimum absolute atomic E-state index is 0.160. The SMILES string of the molecule is NC(=O)c1c(F)cc(Br)cc1NCc1ccc2c(c1)OCCCO2. The summed E-state index contributed by atoms with van der Waals surface area (Å²) in [7, 11) is 0. The first kappa shape index (κ1) is 16.6. The minimum atomic E-state index is -0.818. The van der Waals surface area contributed by atoms with Crippen molar-refractivity contribution in [2.45, 2.75) is 13.0 Å². The van der Waals surface area contributed by atoms with Crippen LogP contribution >= 0.6 is 15.9 Å². The molecule has 2 aromatic rings. The Morgan fingerprint density at radius 3 is 2.71 bits per heavy atom. The van der Waals surface area contributed by atoms with Crippen LogP contribution in [0.15, 0.2) is 34.8 Å². The molecule has 1 amide bonds. The number of benzene rings is 2. The molecular formula is C17H16BrFN2O3. The monoisotopic (exact) mass is 394 g/mol. The first-order valence-electron chi connectivity index (χ1n) is 7.46. The molecule has 0 saturated heterocycles. The Morgan fingerprint density at radius 1 is 1.21 bits per heavy atom. The zero-order valence-electron chi connectivity index (χ0n) is 12.8. The fourth-order valence-electron chi connectivity index (χ4n) is 2.48. The molecule has 24 heavy (non-hydrogen) atoms. The Balaban J connectivity index is 1.81. The van der Waals surface area contributed by atoms with E-state index >= 15 is 0 Å². The second-order valence-corrected chi connectivity index (χ2v) is 6.28. The number of carbonyl (C=O) groups excluding carboxylic acids is 1. The predicted molar refractivity (Wildman–Crippen MR) is 92.0 cm³/mol. The van der Waals surface area contributed by atoms with Gasteiger partial charge in [0.25, 0.3) is 5.91 Å². The maximum Gasteiger partial charge on any atom is 0.253 e. The third-order valence-electron chi connectivity index (χ3n) is 3.60. The molecule has 0 spiro atoms. The van der Waals surface area contributed by atoms with Crippen LogP contribution in [0, 0.1) is 5.82 Å². The molecular weight excluding hydrogens is 379 g/mol. The van der Waals surface area contributed by atoms with Gasteiger partial charge in [0.2, 0.25) is 0 Å². The molecule has 0 atom stereocenters. The van der Waals surface area contributed by atoms with E-state index in [9.17, 15) is 9.18 Å². The van der Waals surface area contributed by atoms with E-state index in [0.717, 1.165) is 12.0 Å². The molecule has 1 aliphatic rings. The number of nitrogens with one attached hydrogen (secondary N) is 1. The summed E-state index contributed by atoms with van der Waals surface area (Å²) >= 11 is 3.21. The van der Waals surface area contributed by atoms with Crippen molar-refractivity contribution in [2.75, 3.05) is 18.5 Å². The van der Waals surface area contributed by atoms with E-state index in [4.69, 9.17) is 15.2 Å². The maximum absolute atomic E-state index is 14.0. The largest absolute Gasteiger partial charge is 0.490 e. The Kier molecular flexibility index (Phi) is 4.89. The number of halogens is 2. The Labute approximate surface area is 147 Å². The molecule has 3 N–H and O–H groups in total. The lowest BCUT2D eigenvalue weighted by molar-refractivity contribution is 0.0997. The second kappa shape index (κ2) is 7.09. The number of rotatable bonds is 4. The van der Waals surface area contributed by atoms with Crippen LogP contribution in [0.1, 0.15) is 22.3 Å². The molecule has 0 unspecified atom stereocenters. The molecule has 0 aromatic heterocycles. The van der Waals surface area contributed by atoms with Gasteiger partial charge in [-0.1, -0.05) is 22.0 Å². The molecule has 0 radical (unpaired) electrons. The summed E-state index contributed by atoms with van der Waals surface area (Å²) in [5.74, 6) is -0.0934. The predicted octanol–water partition coefficient (Wildman–Crippen LogP) is 3.46. The average Bonchev–Trinajstić information content (AvgIpc) is 2.76. The van der Waals surface area contributed by atoms with Gasteiger partial charge in [-0.05, 0) is 29.8 Å². The summed E-state index contributed by atoms with van der Waals surface area (Å²) < 4.78 is 25.7. The van der Waals surface area contributed by atoms with E-state index in [1.54, 1.807) is 6.07 Å². The van der Waals surface area contributed by atoms with Crippen molar-refractivity contribution in [2.24, 2.45) is 5.73 Å². The van der Waals surface area contributed by atoms with Crippen LogP contribution in [0.2, 0.25) is 0 Å². The van der Waals surface area contributed by atoms with Gasteiger partial charge in [-0.3, -0.25) is 4.79 Å². The van der Waals surface area contributed by atoms with Crippen molar-refractivity contribution in [3.05, 3.63) is 51.7 Å². The highest BCUT2D eigenvalue weighted by Gasteiger charge is 2.16. The molecule has 7 heteroatoms. The lowest BCUT2D eigenvalue weighted by atomic mass is 10.1. The summed E-state index contributed by atoms with van der Waals surface area (Å²) in [6, 6.07) is 8.42. The van der Waals surface area contributed by atoms with Crippen LogP contribution in [0.3, 0.4) is 0 Å². The van der Waals surface area contributed by atoms with E-state index in [1.165, 1.54) is 6.07 Å². The molecule has 1 heterocycles. The van der Waals surface area contributed by atoms with Crippen molar-refractivity contribution in [1.82, 2.24) is 0 Å². The highest BCUT2D eigenvalue weighted by Crippen LogP contribution is 2.31. The average molecular weight is 395 g/mol. The third-order valence-corrected chi connectivity index (χ3v) is 4.05. The van der Waals surface area contributed by atoms with E-state index in [2.05, 4.69) is 21.2 Å². The number of primary amides is 1. The number of nitrogens with two attached hydrogens (primary N) is 1. The number of amides is 1. The van der Waals surface area contributed by atoms with E-state index in [-0.39, 0.29) is 5.56 Å². The van der Waals surface area contributed by atoms with Gasteiger partial charge in [0.05, 0.1) is 24.5 Å². The normalized spacial score (nSPS) is 13.2. The summed E-state index contributed by atoms with van der Waals surface area (Å²) in [6.07, 6.45) is 0.835. The van der Waals surface area contributed by atoms with Gasteiger partial charge in [0.15, 0.2) is 11.5 Å². The van der Waals surface area contributed by atoms with E-state index in [0.29, 0.717) is 41.4 Å². The highest BCUT2D eigenvalue weighted by atomic mass is 79.9. The molecule has 0 fully saturated rings. The molecule has 0 bridgehead atoms. The molecule has 2 aromatic carbocycles. The van der Waals surface area contributed by atoms with Crippen molar-refractivity contribution >= 4 is 27.5 Å². The van der Waals surface area contributed by atoms with Gasteiger partial charge in [-0.2, -0.15) is 0 Å². The highest BCUT2D eigenvalue weighted by molar-refractivity contribution is 9.10. The van der Waals surface area contributed by atoms with Gasteiger partial charge in [0.1, 0.15) is 5.82 Å². The maximum atomic E-state index is 14.0. The molecule has 0 saturated carbocycles. The Bertz CT molecular complexity index is 783. The van der Waals surface area contributed by atoms with Gasteiger partial charge < -0.3 is 20.5 Å². The van der Waals surface area contributed by atoms with Gasteiger partial charge in [-0.15, -0.1) is 0 Å². The number of fused-ring (bicyclic) bond motifs is 1. The zero-order valence-corrected chi connectivity index (χ0v) is 14.4. The smallest absolute Gasteiger partial charge is 0.253 e. The van der Waals surface area contributed by atoms with E-state index < -0.39 is 11.7 Å². The van der Waals surface area contributed by atoms with Crippen molar-refractivity contribution < 1.29 is 18.7 Å². The summed E-state index contributed by atoms with van der Waals surface area (Å²) in [4.78, 5) is 11.5. The van der Waals surface area contributed by atoms with Crippen molar-refractivity contribution in [3.8, 4) is 11.5 Å². The van der Waals surface area contributed by atoms with Crippen molar-refractivity contribution in [3.63, 3.8) is 0 Å². The molecule has 3 rings (SSSR count). The molecule has 1 aliphatic heterocycles.